The van der Waals surface area contributed by atoms with E-state index in [4.69, 9.17) is 28.3 Å². The van der Waals surface area contributed by atoms with E-state index in [1.54, 1.807) is 18.5 Å². The monoisotopic (exact) mass is 665 g/mol. The summed E-state index contributed by atoms with van der Waals surface area (Å²) in [5, 5.41) is 0. The smallest absolute Gasteiger partial charge is 0.255 e. The summed E-state index contributed by atoms with van der Waals surface area (Å²) in [7, 11) is 0.162. The van der Waals surface area contributed by atoms with Crippen LogP contribution in [0.15, 0.2) is 35.3 Å². The lowest BCUT2D eigenvalue weighted by Crippen LogP contribution is -2.42. The van der Waals surface area contributed by atoms with Crippen molar-refractivity contribution < 1.29 is 32.3 Å². The van der Waals surface area contributed by atoms with Crippen molar-refractivity contribution in [1.29, 1.82) is 0 Å². The number of nitrogens with one attached hydrogen (secondary N) is 1. The highest BCUT2D eigenvalue weighted by Crippen LogP contribution is 2.36. The van der Waals surface area contributed by atoms with E-state index in [2.05, 4.69) is 34.3 Å². The van der Waals surface area contributed by atoms with E-state index in [0.717, 1.165) is 31.5 Å². The van der Waals surface area contributed by atoms with Crippen LogP contribution in [0.3, 0.4) is 0 Å². The molecular weight excluding hydrogens is 618 g/mol. The number of rotatable bonds is 17. The van der Waals surface area contributed by atoms with Crippen molar-refractivity contribution in [3.8, 4) is 17.1 Å². The van der Waals surface area contributed by atoms with Crippen molar-refractivity contribution >= 4 is 19.4 Å². The third-order valence-electron chi connectivity index (χ3n) is 7.55. The molecule has 0 unspecified atom stereocenters. The molecule has 1 N–H and O–H groups in total. The highest BCUT2D eigenvalue weighted by atomic mass is 32.2. The molecule has 0 spiro atoms. The predicted molar refractivity (Wildman–Crippen MR) is 173 cm³/mol. The Labute approximate surface area is 269 Å². The molecule has 1 fully saturated rings. The van der Waals surface area contributed by atoms with E-state index >= 15 is 4.39 Å². The Kier molecular flexibility index (Phi) is 12.2. The average Bonchev–Trinajstić information content (AvgIpc) is 3.76. The van der Waals surface area contributed by atoms with E-state index in [1.807, 2.05) is 25.3 Å². The minimum atomic E-state index is -1.38. The minimum Gasteiger partial charge on any atom is -0.598 e. The van der Waals surface area contributed by atoms with Crippen LogP contribution in [-0.4, -0.2) is 63.8 Å². The van der Waals surface area contributed by atoms with Crippen molar-refractivity contribution in [3.05, 3.63) is 48.5 Å². The number of nitrogens with zero attached hydrogens (tertiary/aromatic N) is 4. The van der Waals surface area contributed by atoms with Gasteiger partial charge in [0.05, 0.1) is 44.6 Å². The van der Waals surface area contributed by atoms with Gasteiger partial charge in [-0.05, 0) is 39.7 Å². The number of pyridine rings is 1. The van der Waals surface area contributed by atoms with Crippen LogP contribution < -0.4 is 9.46 Å². The number of imidazole rings is 1. The minimum absolute atomic E-state index is 0.174. The first kappa shape index (κ1) is 35.5. The number of ether oxygens (including phenoxy) is 4. The predicted octanol–water partition coefficient (Wildman–Crippen LogP) is 6.34. The zero-order valence-electron chi connectivity index (χ0n) is 27.6. The summed E-state index contributed by atoms with van der Waals surface area (Å²) in [5.74, 6) is -0.0947. The number of halogens is 1. The Balaban J connectivity index is 1.56. The van der Waals surface area contributed by atoms with Gasteiger partial charge in [0.15, 0.2) is 5.82 Å². The third kappa shape index (κ3) is 9.59. The molecule has 0 radical (unpaired) electrons. The van der Waals surface area contributed by atoms with Crippen LogP contribution in [0, 0.1) is 5.82 Å². The standard InChI is InChI=1S/C31H48FN5O6SSi/c1-30(2,3)44(38)36-25(11-9-8-10-12-31(42-15-16-43-31)29-33-13-14-41-29)28-35-21-26(23-19-27(39-4)34-20-24(23)32)37(28)22-40-17-18-45(5,6)7/h13-14,19-21,25,36H,8-12,15-18,22H2,1-7H3/t25-,44+/m0/s1. The first-order valence-corrected chi connectivity index (χ1v) is 20.4. The largest absolute Gasteiger partial charge is 0.598 e. The van der Waals surface area contributed by atoms with Gasteiger partial charge in [0.2, 0.25) is 11.7 Å². The molecule has 0 saturated carbocycles. The Morgan fingerprint density at radius 2 is 1.89 bits per heavy atom. The van der Waals surface area contributed by atoms with E-state index in [9.17, 15) is 4.55 Å². The van der Waals surface area contributed by atoms with Gasteiger partial charge in [-0.1, -0.05) is 32.5 Å². The van der Waals surface area contributed by atoms with Crippen LogP contribution in [0.4, 0.5) is 4.39 Å². The maximum atomic E-state index is 15.2. The Bertz CT molecular complexity index is 1340. The average molecular weight is 666 g/mol. The highest BCUT2D eigenvalue weighted by Gasteiger charge is 2.42. The van der Waals surface area contributed by atoms with Gasteiger partial charge in [-0.25, -0.2) is 19.3 Å². The molecule has 1 saturated heterocycles. The topological polar surface area (TPSA) is 129 Å². The fourth-order valence-electron chi connectivity index (χ4n) is 4.95. The molecular formula is C31H48FN5O6SSi. The van der Waals surface area contributed by atoms with Gasteiger partial charge >= 0.3 is 0 Å². The van der Waals surface area contributed by atoms with Crippen molar-refractivity contribution in [3.63, 3.8) is 0 Å². The molecule has 1 aliphatic rings. The molecule has 2 atom stereocenters. The molecule has 0 amide bonds. The molecule has 0 aliphatic carbocycles. The first-order valence-electron chi connectivity index (χ1n) is 15.5. The molecule has 3 aromatic heterocycles. The fourth-order valence-corrected chi connectivity index (χ4v) is 6.54. The molecule has 14 heteroatoms. The van der Waals surface area contributed by atoms with E-state index in [-0.39, 0.29) is 12.8 Å². The summed E-state index contributed by atoms with van der Waals surface area (Å²) < 4.78 is 62.0. The van der Waals surface area contributed by atoms with E-state index in [1.165, 1.54) is 13.4 Å². The van der Waals surface area contributed by atoms with Gasteiger partial charge in [-0.2, -0.15) is 0 Å². The lowest BCUT2D eigenvalue weighted by Gasteiger charge is -2.28. The van der Waals surface area contributed by atoms with Crippen molar-refractivity contribution in [2.75, 3.05) is 26.9 Å². The summed E-state index contributed by atoms with van der Waals surface area (Å²) in [6, 6.07) is 2.16. The molecule has 11 nitrogen and oxygen atoms in total. The van der Waals surface area contributed by atoms with Crippen LogP contribution >= 0.6 is 0 Å². The van der Waals surface area contributed by atoms with Crippen LogP contribution in [0.2, 0.25) is 25.7 Å². The van der Waals surface area contributed by atoms with Gasteiger partial charge < -0.3 is 32.5 Å². The maximum absolute atomic E-state index is 15.2. The molecule has 45 heavy (non-hydrogen) atoms. The Morgan fingerprint density at radius 1 is 1.13 bits per heavy atom. The van der Waals surface area contributed by atoms with Gasteiger partial charge in [-0.15, -0.1) is 4.72 Å². The molecule has 4 heterocycles. The molecule has 0 bridgehead atoms. The lowest BCUT2D eigenvalue weighted by atomic mass is 10.0. The SMILES string of the molecule is COc1cc(-c2cnc([C@H](CCCCCC3(c4ncco4)OCCO3)N[S@+]([O-])C(C)(C)C)n2COCC[Si](C)(C)C)c(F)cn1. The number of methoxy groups -OCH3 is 1. The van der Waals surface area contributed by atoms with Crippen LogP contribution in [-0.2, 0) is 38.1 Å². The van der Waals surface area contributed by atoms with Crippen LogP contribution in [0.5, 0.6) is 5.88 Å². The van der Waals surface area contributed by atoms with E-state index < -0.39 is 35.8 Å². The van der Waals surface area contributed by atoms with Crippen LogP contribution in [0.25, 0.3) is 11.3 Å². The molecule has 1 aliphatic heterocycles. The zero-order valence-corrected chi connectivity index (χ0v) is 29.4. The number of aromatic nitrogens is 4. The summed E-state index contributed by atoms with van der Waals surface area (Å²) >= 11 is -1.38. The number of oxazole rings is 1. The summed E-state index contributed by atoms with van der Waals surface area (Å²) in [6.07, 6.45) is 9.60. The third-order valence-corrected chi connectivity index (χ3v) is 10.9. The summed E-state index contributed by atoms with van der Waals surface area (Å²) in [5.41, 5.74) is 0.839. The van der Waals surface area contributed by atoms with Crippen LogP contribution in [0.1, 0.15) is 70.6 Å². The van der Waals surface area contributed by atoms with Crippen molar-refractivity contribution in [1.82, 2.24) is 24.2 Å². The first-order chi connectivity index (χ1) is 21.3. The van der Waals surface area contributed by atoms with Gasteiger partial charge in [-0.3, -0.25) is 0 Å². The molecule has 4 rings (SSSR count). The van der Waals surface area contributed by atoms with Gasteiger partial charge in [0.1, 0.15) is 29.6 Å². The summed E-state index contributed by atoms with van der Waals surface area (Å²) in [6.45, 7) is 14.4. The Hall–Kier alpha value is -2.33. The quantitative estimate of drug-likeness (QED) is 0.0991. The number of hydrogen-bond acceptors (Lipinski definition) is 10. The van der Waals surface area contributed by atoms with Gasteiger partial charge in [0.25, 0.3) is 5.89 Å². The number of hydrogen-bond donors (Lipinski definition) is 1. The second kappa shape index (κ2) is 15.5. The zero-order chi connectivity index (χ0) is 32.7. The fraction of sp³-hybridized carbons (Fsp3) is 0.645. The second-order valence-corrected chi connectivity index (χ2v) is 21.0. The molecule has 250 valence electrons. The summed E-state index contributed by atoms with van der Waals surface area (Å²) in [4.78, 5) is 13.0. The van der Waals surface area contributed by atoms with Gasteiger partial charge in [0, 0.05) is 44.1 Å². The maximum Gasteiger partial charge on any atom is 0.255 e. The van der Waals surface area contributed by atoms with Crippen molar-refractivity contribution in [2.45, 2.75) is 102 Å². The number of unbranched alkanes of at least 4 members (excludes halogenated alkanes) is 2. The highest BCUT2D eigenvalue weighted by molar-refractivity contribution is 7.90. The second-order valence-electron chi connectivity index (χ2n) is 13.4. The Morgan fingerprint density at radius 3 is 2.53 bits per heavy atom. The van der Waals surface area contributed by atoms with Crippen molar-refractivity contribution in [2.24, 2.45) is 0 Å². The normalized spacial score (nSPS) is 16.6. The lowest BCUT2D eigenvalue weighted by molar-refractivity contribution is -0.187. The van der Waals surface area contributed by atoms with E-state index in [0.29, 0.717) is 61.5 Å². The molecule has 0 aromatic carbocycles. The molecule has 3 aromatic rings.